The van der Waals surface area contributed by atoms with Crippen LogP contribution in [0.3, 0.4) is 0 Å². The van der Waals surface area contributed by atoms with E-state index in [1.54, 1.807) is 16.4 Å². The van der Waals surface area contributed by atoms with E-state index in [-0.39, 0.29) is 17.8 Å². The highest BCUT2D eigenvalue weighted by Crippen LogP contribution is 2.34. The number of carbonyl (C=O) groups excluding carboxylic acids is 2. The highest BCUT2D eigenvalue weighted by atomic mass is 32.2. The Labute approximate surface area is 134 Å². The van der Waals surface area contributed by atoms with Crippen LogP contribution in [0.4, 0.5) is 0 Å². The minimum Gasteiger partial charge on any atom is -0.467 e. The van der Waals surface area contributed by atoms with Crippen LogP contribution >= 0.6 is 11.8 Å². The molecule has 0 unspecified atom stereocenters. The molecule has 0 spiro atoms. The van der Waals surface area contributed by atoms with Gasteiger partial charge in [-0.2, -0.15) is 16.9 Å². The van der Waals surface area contributed by atoms with Crippen molar-refractivity contribution in [3.63, 3.8) is 0 Å². The van der Waals surface area contributed by atoms with Crippen LogP contribution in [-0.2, 0) is 27.8 Å². The fourth-order valence-electron chi connectivity index (χ4n) is 3.33. The standard InChI is InChI=1S/C15H21N3O3S/c1-18-8-11-10(4-3-5-12(11)17-18)13(19)16-15(14(20)21-2)6-7-22-9-15/h8,10H,3-7,9H2,1-2H3,(H,16,19)/t10-,15+/m1/s1. The number of nitrogens with zero attached hydrogens (tertiary/aromatic N) is 2. The largest absolute Gasteiger partial charge is 0.467 e. The van der Waals surface area contributed by atoms with Crippen molar-refractivity contribution in [2.45, 2.75) is 37.1 Å². The molecular formula is C15H21N3O3S. The van der Waals surface area contributed by atoms with Crippen LogP contribution in [0.15, 0.2) is 6.20 Å². The number of amides is 1. The molecule has 7 heteroatoms. The van der Waals surface area contributed by atoms with Crippen molar-refractivity contribution in [1.29, 1.82) is 0 Å². The summed E-state index contributed by atoms with van der Waals surface area (Å²) in [5.41, 5.74) is 1.13. The lowest BCUT2D eigenvalue weighted by molar-refractivity contribution is -0.150. The Kier molecular flexibility index (Phi) is 4.16. The summed E-state index contributed by atoms with van der Waals surface area (Å²) in [7, 11) is 3.25. The van der Waals surface area contributed by atoms with Crippen LogP contribution in [0.1, 0.15) is 36.4 Å². The minimum atomic E-state index is -0.865. The predicted molar refractivity (Wildman–Crippen MR) is 83.7 cm³/mol. The number of ether oxygens (including phenoxy) is 1. The molecule has 1 amide bonds. The molecule has 6 nitrogen and oxygen atoms in total. The third-order valence-electron chi connectivity index (χ3n) is 4.50. The van der Waals surface area contributed by atoms with Crippen molar-refractivity contribution in [1.82, 2.24) is 15.1 Å². The third kappa shape index (κ3) is 2.62. The van der Waals surface area contributed by atoms with Crippen LogP contribution < -0.4 is 5.32 Å². The number of hydrogen-bond donors (Lipinski definition) is 1. The number of hydrogen-bond acceptors (Lipinski definition) is 5. The zero-order valence-corrected chi connectivity index (χ0v) is 13.7. The molecule has 1 aliphatic heterocycles. The summed E-state index contributed by atoms with van der Waals surface area (Å²) < 4.78 is 6.68. The molecule has 2 atom stereocenters. The first-order chi connectivity index (χ1) is 10.6. The van der Waals surface area contributed by atoms with E-state index in [0.717, 1.165) is 36.3 Å². The molecule has 1 aromatic rings. The molecule has 120 valence electrons. The molecule has 0 aromatic carbocycles. The number of aryl methyl sites for hydroxylation is 2. The van der Waals surface area contributed by atoms with E-state index in [4.69, 9.17) is 4.74 Å². The molecule has 0 bridgehead atoms. The molecule has 1 aliphatic carbocycles. The number of aromatic nitrogens is 2. The van der Waals surface area contributed by atoms with Gasteiger partial charge in [0.25, 0.3) is 0 Å². The Morgan fingerprint density at radius 3 is 3.05 bits per heavy atom. The first-order valence-corrected chi connectivity index (χ1v) is 8.72. The first kappa shape index (κ1) is 15.4. The predicted octanol–water partition coefficient (Wildman–Crippen LogP) is 1.00. The van der Waals surface area contributed by atoms with Crippen LogP contribution in [-0.4, -0.2) is 45.8 Å². The number of thioether (sulfide) groups is 1. The number of esters is 1. The topological polar surface area (TPSA) is 73.2 Å². The Hall–Kier alpha value is -1.50. The number of rotatable bonds is 3. The van der Waals surface area contributed by atoms with Gasteiger partial charge in [0.2, 0.25) is 5.91 Å². The van der Waals surface area contributed by atoms with Gasteiger partial charge in [0.15, 0.2) is 0 Å². The first-order valence-electron chi connectivity index (χ1n) is 7.56. The third-order valence-corrected chi connectivity index (χ3v) is 5.69. The van der Waals surface area contributed by atoms with E-state index < -0.39 is 5.54 Å². The molecule has 1 fully saturated rings. The van der Waals surface area contributed by atoms with Gasteiger partial charge in [0.05, 0.1) is 18.7 Å². The summed E-state index contributed by atoms with van der Waals surface area (Å²) in [6.45, 7) is 0. The second kappa shape index (κ2) is 5.95. The van der Waals surface area contributed by atoms with Crippen molar-refractivity contribution in [2.24, 2.45) is 7.05 Å². The highest BCUT2D eigenvalue weighted by Gasteiger charge is 2.45. The summed E-state index contributed by atoms with van der Waals surface area (Å²) in [6, 6.07) is 0. The van der Waals surface area contributed by atoms with Crippen LogP contribution in [0.5, 0.6) is 0 Å². The Morgan fingerprint density at radius 1 is 1.55 bits per heavy atom. The van der Waals surface area contributed by atoms with Crippen molar-refractivity contribution in [2.75, 3.05) is 18.6 Å². The van der Waals surface area contributed by atoms with E-state index in [1.807, 2.05) is 13.2 Å². The molecule has 1 saturated heterocycles. The van der Waals surface area contributed by atoms with Gasteiger partial charge in [-0.25, -0.2) is 4.79 Å². The normalized spacial score (nSPS) is 27.3. The Balaban J connectivity index is 1.81. The summed E-state index contributed by atoms with van der Waals surface area (Å²) in [5.74, 6) is 0.801. The molecule has 1 aromatic heterocycles. The average molecular weight is 323 g/mol. The molecule has 0 radical (unpaired) electrons. The van der Waals surface area contributed by atoms with E-state index in [9.17, 15) is 9.59 Å². The van der Waals surface area contributed by atoms with E-state index in [2.05, 4.69) is 10.4 Å². The van der Waals surface area contributed by atoms with Crippen molar-refractivity contribution < 1.29 is 14.3 Å². The monoisotopic (exact) mass is 323 g/mol. The lowest BCUT2D eigenvalue weighted by Gasteiger charge is -2.30. The molecular weight excluding hydrogens is 302 g/mol. The molecule has 2 aliphatic rings. The summed E-state index contributed by atoms with van der Waals surface area (Å²) in [4.78, 5) is 24.9. The Morgan fingerprint density at radius 2 is 2.36 bits per heavy atom. The fraction of sp³-hybridized carbons (Fsp3) is 0.667. The average Bonchev–Trinajstić information content (AvgIpc) is 3.11. The highest BCUT2D eigenvalue weighted by molar-refractivity contribution is 7.99. The van der Waals surface area contributed by atoms with Gasteiger partial charge in [0, 0.05) is 24.6 Å². The lowest BCUT2D eigenvalue weighted by atomic mass is 9.85. The maximum Gasteiger partial charge on any atom is 0.332 e. The van der Waals surface area contributed by atoms with Gasteiger partial charge in [-0.1, -0.05) is 0 Å². The number of nitrogens with one attached hydrogen (secondary N) is 1. The quantitative estimate of drug-likeness (QED) is 0.840. The van der Waals surface area contributed by atoms with Gasteiger partial charge in [-0.3, -0.25) is 9.48 Å². The Bertz CT molecular complexity index is 593. The van der Waals surface area contributed by atoms with Crippen LogP contribution in [0.2, 0.25) is 0 Å². The van der Waals surface area contributed by atoms with Gasteiger partial charge < -0.3 is 10.1 Å². The van der Waals surface area contributed by atoms with Crippen molar-refractivity contribution in [3.8, 4) is 0 Å². The van der Waals surface area contributed by atoms with Gasteiger partial charge in [-0.15, -0.1) is 0 Å². The molecule has 0 saturated carbocycles. The molecule has 2 heterocycles. The maximum absolute atomic E-state index is 12.8. The zero-order chi connectivity index (χ0) is 15.7. The molecule has 3 rings (SSSR count). The lowest BCUT2D eigenvalue weighted by Crippen LogP contribution is -2.56. The van der Waals surface area contributed by atoms with Crippen LogP contribution in [0.25, 0.3) is 0 Å². The molecule has 22 heavy (non-hydrogen) atoms. The number of methoxy groups -OCH3 is 1. The smallest absolute Gasteiger partial charge is 0.332 e. The van der Waals surface area contributed by atoms with Crippen LogP contribution in [0, 0.1) is 0 Å². The minimum absolute atomic E-state index is 0.0816. The van der Waals surface area contributed by atoms with Crippen molar-refractivity contribution >= 4 is 23.6 Å². The van der Waals surface area contributed by atoms with Crippen molar-refractivity contribution in [3.05, 3.63) is 17.5 Å². The number of fused-ring (bicyclic) bond motifs is 1. The van der Waals surface area contributed by atoms with Gasteiger partial charge in [0.1, 0.15) is 5.54 Å². The SMILES string of the molecule is COC(=O)[C@]1(NC(=O)[C@@H]2CCCc3nn(C)cc32)CCSC1. The van der Waals surface area contributed by atoms with Gasteiger partial charge >= 0.3 is 5.97 Å². The van der Waals surface area contributed by atoms with E-state index in [1.165, 1.54) is 7.11 Å². The molecule has 1 N–H and O–H groups in total. The summed E-state index contributed by atoms with van der Waals surface area (Å²) >= 11 is 1.67. The summed E-state index contributed by atoms with van der Waals surface area (Å²) in [5, 5.41) is 7.42. The maximum atomic E-state index is 12.8. The summed E-state index contributed by atoms with van der Waals surface area (Å²) in [6.07, 6.45) is 5.21. The van der Waals surface area contributed by atoms with Gasteiger partial charge in [-0.05, 0) is 31.4 Å². The second-order valence-electron chi connectivity index (χ2n) is 6.02. The van der Waals surface area contributed by atoms with E-state index in [0.29, 0.717) is 12.2 Å². The second-order valence-corrected chi connectivity index (χ2v) is 7.12. The zero-order valence-electron chi connectivity index (χ0n) is 12.9. The fourth-order valence-corrected chi connectivity index (χ4v) is 4.65. The van der Waals surface area contributed by atoms with E-state index >= 15 is 0 Å². The number of carbonyl (C=O) groups is 2.